The summed E-state index contributed by atoms with van der Waals surface area (Å²) in [5, 5.41) is 11.2. The summed E-state index contributed by atoms with van der Waals surface area (Å²) in [5.74, 6) is -0.123. The number of amides is 6. The van der Waals surface area contributed by atoms with Crippen LogP contribution in [-0.4, -0.2) is 40.9 Å². The third-order valence-electron chi connectivity index (χ3n) is 7.16. The molecule has 0 bridgehead atoms. The third kappa shape index (κ3) is 5.67. The van der Waals surface area contributed by atoms with E-state index in [9.17, 15) is 19.2 Å². The van der Waals surface area contributed by atoms with Gasteiger partial charge in [0, 0.05) is 11.4 Å². The minimum Gasteiger partial charge on any atom is -0.348 e. The first-order valence-corrected chi connectivity index (χ1v) is 12.5. The number of hydrogen-bond acceptors (Lipinski definition) is 4. The van der Waals surface area contributed by atoms with Crippen molar-refractivity contribution in [2.45, 2.75) is 57.5 Å². The van der Waals surface area contributed by atoms with E-state index in [4.69, 9.17) is 0 Å². The molecule has 4 rings (SSSR count). The Bertz CT molecular complexity index is 1110. The van der Waals surface area contributed by atoms with Gasteiger partial charge in [-0.15, -0.1) is 0 Å². The van der Waals surface area contributed by atoms with Crippen LogP contribution in [0, 0.1) is 5.92 Å². The summed E-state index contributed by atoms with van der Waals surface area (Å²) < 4.78 is 0. The summed E-state index contributed by atoms with van der Waals surface area (Å²) in [6.07, 6.45) is 4.11. The smallest absolute Gasteiger partial charge is 0.325 e. The van der Waals surface area contributed by atoms with Crippen LogP contribution in [0.15, 0.2) is 54.6 Å². The fraction of sp³-hybridized carbons (Fsp3) is 0.407. The van der Waals surface area contributed by atoms with Crippen LogP contribution in [0.5, 0.6) is 0 Å². The fourth-order valence-corrected chi connectivity index (χ4v) is 4.92. The van der Waals surface area contributed by atoms with Crippen molar-refractivity contribution in [2.24, 2.45) is 5.92 Å². The maximum atomic E-state index is 13.0. The second kappa shape index (κ2) is 10.8. The van der Waals surface area contributed by atoms with Crippen molar-refractivity contribution in [1.82, 2.24) is 15.5 Å². The van der Waals surface area contributed by atoms with E-state index in [2.05, 4.69) is 28.2 Å². The number of nitrogens with zero attached hydrogens (tertiary/aromatic N) is 1. The topological polar surface area (TPSA) is 120 Å². The normalized spacial score (nSPS) is 22.2. The molecule has 0 aromatic heterocycles. The average molecular weight is 492 g/mol. The average Bonchev–Trinajstić information content (AvgIpc) is 3.09. The minimum atomic E-state index is -0.857. The Kier molecular flexibility index (Phi) is 7.57. The molecular formula is C27H33N5O4. The second-order valence-electron chi connectivity index (χ2n) is 9.61. The zero-order valence-electron chi connectivity index (χ0n) is 20.7. The van der Waals surface area contributed by atoms with Gasteiger partial charge in [0.25, 0.3) is 5.91 Å². The third-order valence-corrected chi connectivity index (χ3v) is 7.16. The van der Waals surface area contributed by atoms with Crippen LogP contribution in [-0.2, 0) is 9.59 Å². The summed E-state index contributed by atoms with van der Waals surface area (Å²) in [5.41, 5.74) is 1.26. The highest BCUT2D eigenvalue weighted by Crippen LogP contribution is 2.37. The number of carbonyl (C=O) groups excluding carboxylic acids is 4. The highest BCUT2D eigenvalue weighted by atomic mass is 16.2. The fourth-order valence-electron chi connectivity index (χ4n) is 4.92. The van der Waals surface area contributed by atoms with E-state index >= 15 is 0 Å². The molecule has 1 spiro atoms. The Morgan fingerprint density at radius 1 is 1.00 bits per heavy atom. The molecule has 1 aliphatic heterocycles. The van der Waals surface area contributed by atoms with Gasteiger partial charge in [-0.2, -0.15) is 0 Å². The van der Waals surface area contributed by atoms with E-state index in [1.54, 1.807) is 36.4 Å². The molecule has 1 unspecified atom stereocenters. The number of imide groups is 1. The molecule has 4 N–H and O–H groups in total. The summed E-state index contributed by atoms with van der Waals surface area (Å²) >= 11 is 0. The Morgan fingerprint density at radius 2 is 1.61 bits per heavy atom. The summed E-state index contributed by atoms with van der Waals surface area (Å²) in [6, 6.07) is 15.0. The van der Waals surface area contributed by atoms with Crippen LogP contribution in [0.25, 0.3) is 0 Å². The van der Waals surface area contributed by atoms with Crippen LogP contribution >= 0.6 is 0 Å². The van der Waals surface area contributed by atoms with Crippen molar-refractivity contribution in [2.75, 3.05) is 17.2 Å². The maximum absolute atomic E-state index is 13.0. The van der Waals surface area contributed by atoms with Crippen molar-refractivity contribution in [3.05, 3.63) is 60.2 Å². The number of rotatable bonds is 7. The lowest BCUT2D eigenvalue weighted by Crippen LogP contribution is -2.50. The first-order chi connectivity index (χ1) is 17.3. The number of hydrogen-bond donors (Lipinski definition) is 4. The van der Waals surface area contributed by atoms with Gasteiger partial charge in [-0.1, -0.05) is 43.7 Å². The van der Waals surface area contributed by atoms with Gasteiger partial charge in [-0.25, -0.2) is 9.59 Å². The molecule has 9 nitrogen and oxygen atoms in total. The highest BCUT2D eigenvalue weighted by molar-refractivity contribution is 6.09. The quantitative estimate of drug-likeness (QED) is 0.429. The van der Waals surface area contributed by atoms with Crippen molar-refractivity contribution in [1.29, 1.82) is 0 Å². The molecule has 1 heterocycles. The van der Waals surface area contributed by atoms with Gasteiger partial charge in [-0.05, 0) is 68.4 Å². The van der Waals surface area contributed by atoms with Crippen molar-refractivity contribution in [3.63, 3.8) is 0 Å². The molecule has 1 saturated heterocycles. The molecule has 36 heavy (non-hydrogen) atoms. The lowest BCUT2D eigenvalue weighted by molar-refractivity contribution is -0.136. The lowest BCUT2D eigenvalue weighted by atomic mass is 9.75. The van der Waals surface area contributed by atoms with Gasteiger partial charge >= 0.3 is 12.1 Å². The second-order valence-corrected chi connectivity index (χ2v) is 9.61. The molecule has 1 saturated carbocycles. The van der Waals surface area contributed by atoms with Gasteiger partial charge < -0.3 is 21.3 Å². The first kappa shape index (κ1) is 25.2. The van der Waals surface area contributed by atoms with Gasteiger partial charge in [0.05, 0.1) is 6.04 Å². The highest BCUT2D eigenvalue weighted by Gasteiger charge is 2.52. The number of benzene rings is 2. The van der Waals surface area contributed by atoms with Crippen molar-refractivity contribution < 1.29 is 19.2 Å². The van der Waals surface area contributed by atoms with E-state index < -0.39 is 17.5 Å². The molecule has 1 aliphatic carbocycles. The van der Waals surface area contributed by atoms with E-state index in [1.807, 2.05) is 25.1 Å². The molecule has 0 radical (unpaired) electrons. The minimum absolute atomic E-state index is 0.297. The monoisotopic (exact) mass is 491 g/mol. The van der Waals surface area contributed by atoms with Crippen LogP contribution in [0.1, 0.15) is 57.6 Å². The lowest BCUT2D eigenvalue weighted by Gasteiger charge is -2.34. The maximum Gasteiger partial charge on any atom is 0.325 e. The Labute approximate surface area is 211 Å². The number of nitrogens with one attached hydrogen (secondary N) is 4. The molecule has 1 atom stereocenters. The van der Waals surface area contributed by atoms with Crippen LogP contribution in [0.4, 0.5) is 21.0 Å². The molecule has 2 aliphatic rings. The zero-order valence-corrected chi connectivity index (χ0v) is 20.7. The SMILES string of the molecule is CCC1CCC2(CC1)NC(=O)N(CC(=O)NC(C)c1ccc(NC(=O)Nc3ccccc3)cc1)C2=O. The van der Waals surface area contributed by atoms with Crippen LogP contribution < -0.4 is 21.3 Å². The summed E-state index contributed by atoms with van der Waals surface area (Å²) in [6.45, 7) is 3.65. The standard InChI is InChI=1S/C27H33N5O4/c1-3-19-13-15-27(16-14-19)24(34)32(26(36)31-27)17-23(33)28-18(2)20-9-11-22(12-10-20)30-25(35)29-21-7-5-4-6-8-21/h4-12,18-19H,3,13-17H2,1-2H3,(H,28,33)(H,31,36)(H2,29,30,35). The largest absolute Gasteiger partial charge is 0.348 e. The van der Waals surface area contributed by atoms with Gasteiger partial charge in [0.2, 0.25) is 5.91 Å². The predicted octanol–water partition coefficient (Wildman–Crippen LogP) is 4.40. The number of anilines is 2. The molecule has 190 valence electrons. The van der Waals surface area contributed by atoms with Gasteiger partial charge in [0.1, 0.15) is 12.1 Å². The Morgan fingerprint density at radius 3 is 2.22 bits per heavy atom. The van der Waals surface area contributed by atoms with Crippen LogP contribution in [0.3, 0.4) is 0 Å². The molecule has 2 aromatic rings. The Balaban J connectivity index is 1.28. The van der Waals surface area contributed by atoms with Crippen LogP contribution in [0.2, 0.25) is 0 Å². The van der Waals surface area contributed by atoms with E-state index in [0.717, 1.165) is 29.7 Å². The molecule has 2 fully saturated rings. The zero-order chi connectivity index (χ0) is 25.7. The van der Waals surface area contributed by atoms with Gasteiger partial charge in [0.15, 0.2) is 0 Å². The van der Waals surface area contributed by atoms with Crippen molar-refractivity contribution in [3.8, 4) is 0 Å². The molecular weight excluding hydrogens is 458 g/mol. The Hall–Kier alpha value is -3.88. The number of urea groups is 2. The van der Waals surface area contributed by atoms with E-state index in [0.29, 0.717) is 30.1 Å². The molecule has 2 aromatic carbocycles. The van der Waals surface area contributed by atoms with E-state index in [-0.39, 0.29) is 24.5 Å². The molecule has 9 heteroatoms. The summed E-state index contributed by atoms with van der Waals surface area (Å²) in [4.78, 5) is 51.4. The number of para-hydroxylation sites is 1. The first-order valence-electron chi connectivity index (χ1n) is 12.5. The summed E-state index contributed by atoms with van der Waals surface area (Å²) in [7, 11) is 0. The predicted molar refractivity (Wildman–Crippen MR) is 137 cm³/mol. The van der Waals surface area contributed by atoms with E-state index in [1.165, 1.54) is 0 Å². The van der Waals surface area contributed by atoms with Gasteiger partial charge in [-0.3, -0.25) is 14.5 Å². The van der Waals surface area contributed by atoms with Crippen molar-refractivity contribution >= 4 is 35.3 Å². The number of carbonyl (C=O) groups is 4. The molecule has 6 amide bonds.